The van der Waals surface area contributed by atoms with E-state index in [4.69, 9.17) is 0 Å². The molecule has 0 radical (unpaired) electrons. The number of carbonyl (C=O) groups is 1. The van der Waals surface area contributed by atoms with Gasteiger partial charge in [0.05, 0.1) is 0 Å². The maximum absolute atomic E-state index is 13.8. The number of benzene rings is 2. The third-order valence-electron chi connectivity index (χ3n) is 6.24. The number of hydrazine groups is 1. The number of amides is 1. The van der Waals surface area contributed by atoms with Crippen LogP contribution in [0.15, 0.2) is 54.6 Å². The quantitative estimate of drug-likeness (QED) is 0.807. The largest absolute Gasteiger partial charge is 0.343 e. The summed E-state index contributed by atoms with van der Waals surface area (Å²) in [5.74, 6) is 0.218. The molecule has 5 nitrogen and oxygen atoms in total. The first-order chi connectivity index (χ1) is 13.6. The zero-order chi connectivity index (χ0) is 19.6. The van der Waals surface area contributed by atoms with Gasteiger partial charge in [-0.1, -0.05) is 54.6 Å². The molecule has 2 aliphatic rings. The molecule has 2 aromatic carbocycles. The van der Waals surface area contributed by atoms with Gasteiger partial charge >= 0.3 is 0 Å². The van der Waals surface area contributed by atoms with Crippen molar-refractivity contribution in [2.75, 3.05) is 27.2 Å². The zero-order valence-corrected chi connectivity index (χ0v) is 16.8. The first-order valence-corrected chi connectivity index (χ1v) is 10.1. The van der Waals surface area contributed by atoms with Crippen molar-refractivity contribution in [2.45, 2.75) is 37.4 Å². The molecule has 2 aromatic rings. The van der Waals surface area contributed by atoms with Crippen molar-refractivity contribution >= 4 is 5.91 Å². The van der Waals surface area contributed by atoms with E-state index < -0.39 is 5.54 Å². The summed E-state index contributed by atoms with van der Waals surface area (Å²) in [5, 5.41) is 0. The number of carbonyl (C=O) groups excluding carboxylic acids is 1. The molecule has 0 bridgehead atoms. The number of nitrogens with one attached hydrogen (secondary N) is 2. The predicted octanol–water partition coefficient (Wildman–Crippen LogP) is 1.98. The van der Waals surface area contributed by atoms with E-state index in [0.717, 1.165) is 38.9 Å². The first kappa shape index (κ1) is 19.1. The van der Waals surface area contributed by atoms with Crippen LogP contribution in [-0.4, -0.2) is 54.5 Å². The molecular formula is C23H30N4O. The van der Waals surface area contributed by atoms with Crippen molar-refractivity contribution < 1.29 is 4.79 Å². The molecule has 5 heteroatoms. The van der Waals surface area contributed by atoms with Gasteiger partial charge in [0, 0.05) is 45.6 Å². The fourth-order valence-electron chi connectivity index (χ4n) is 4.63. The third-order valence-corrected chi connectivity index (χ3v) is 6.24. The van der Waals surface area contributed by atoms with Crippen molar-refractivity contribution in [3.63, 3.8) is 0 Å². The molecule has 1 saturated heterocycles. The van der Waals surface area contributed by atoms with Crippen molar-refractivity contribution in [3.05, 3.63) is 71.3 Å². The second kappa shape index (κ2) is 8.03. The lowest BCUT2D eigenvalue weighted by atomic mass is 9.90. The van der Waals surface area contributed by atoms with E-state index in [1.807, 2.05) is 18.0 Å². The molecule has 148 valence electrons. The van der Waals surface area contributed by atoms with Gasteiger partial charge in [-0.3, -0.25) is 20.5 Å². The van der Waals surface area contributed by atoms with Gasteiger partial charge in [0.2, 0.25) is 5.91 Å². The Bertz CT molecular complexity index is 791. The number of hydrogen-bond donors (Lipinski definition) is 2. The zero-order valence-electron chi connectivity index (χ0n) is 16.8. The molecule has 28 heavy (non-hydrogen) atoms. The van der Waals surface area contributed by atoms with Crippen LogP contribution in [0.2, 0.25) is 0 Å². The second-order valence-corrected chi connectivity index (χ2v) is 8.24. The van der Waals surface area contributed by atoms with E-state index in [-0.39, 0.29) is 5.91 Å². The van der Waals surface area contributed by atoms with Crippen LogP contribution in [0.4, 0.5) is 0 Å². The Morgan fingerprint density at radius 1 is 1.04 bits per heavy atom. The minimum Gasteiger partial charge on any atom is -0.343 e. The summed E-state index contributed by atoms with van der Waals surface area (Å²) >= 11 is 0. The van der Waals surface area contributed by atoms with Gasteiger partial charge in [0.25, 0.3) is 0 Å². The summed E-state index contributed by atoms with van der Waals surface area (Å²) in [5.41, 5.74) is 9.74. The molecule has 1 fully saturated rings. The number of fused-ring (bicyclic) bond motifs is 1. The van der Waals surface area contributed by atoms with Gasteiger partial charge in [-0.25, -0.2) is 0 Å². The molecule has 1 amide bonds. The highest BCUT2D eigenvalue weighted by Crippen LogP contribution is 2.36. The predicted molar refractivity (Wildman–Crippen MR) is 112 cm³/mol. The van der Waals surface area contributed by atoms with Crippen LogP contribution in [0.1, 0.15) is 23.1 Å². The van der Waals surface area contributed by atoms with Gasteiger partial charge in [0.1, 0.15) is 5.54 Å². The van der Waals surface area contributed by atoms with Crippen molar-refractivity contribution in [1.82, 2.24) is 20.7 Å². The molecule has 1 heterocycles. The van der Waals surface area contributed by atoms with Crippen LogP contribution >= 0.6 is 0 Å². The van der Waals surface area contributed by atoms with Crippen LogP contribution in [0.25, 0.3) is 0 Å². The minimum atomic E-state index is -0.527. The van der Waals surface area contributed by atoms with E-state index >= 15 is 0 Å². The second-order valence-electron chi connectivity index (χ2n) is 8.24. The minimum absolute atomic E-state index is 0.218. The molecule has 1 aliphatic carbocycles. The average molecular weight is 379 g/mol. The van der Waals surface area contributed by atoms with Crippen LogP contribution in [0.3, 0.4) is 0 Å². The lowest BCUT2D eigenvalue weighted by molar-refractivity contribution is -0.143. The van der Waals surface area contributed by atoms with Gasteiger partial charge in [-0.2, -0.15) is 0 Å². The monoisotopic (exact) mass is 378 g/mol. The lowest BCUT2D eigenvalue weighted by Gasteiger charge is -2.40. The Morgan fingerprint density at radius 2 is 1.68 bits per heavy atom. The van der Waals surface area contributed by atoms with Gasteiger partial charge < -0.3 is 4.90 Å². The molecule has 2 N–H and O–H groups in total. The van der Waals surface area contributed by atoms with E-state index in [9.17, 15) is 4.79 Å². The van der Waals surface area contributed by atoms with Crippen LogP contribution in [-0.2, 0) is 24.2 Å². The van der Waals surface area contributed by atoms with Crippen LogP contribution in [0, 0.1) is 0 Å². The molecule has 1 atom stereocenters. The summed E-state index contributed by atoms with van der Waals surface area (Å²) in [4.78, 5) is 18.0. The van der Waals surface area contributed by atoms with Gasteiger partial charge in [-0.05, 0) is 30.2 Å². The number of rotatable bonds is 6. The smallest absolute Gasteiger partial charge is 0.243 e. The van der Waals surface area contributed by atoms with E-state index in [1.54, 1.807) is 0 Å². The summed E-state index contributed by atoms with van der Waals surface area (Å²) in [6.45, 7) is 2.44. The molecule has 1 unspecified atom stereocenters. The highest BCUT2D eigenvalue weighted by Gasteiger charge is 2.48. The highest BCUT2D eigenvalue weighted by atomic mass is 16.2. The Hall–Kier alpha value is -2.21. The third kappa shape index (κ3) is 3.70. The molecule has 0 aromatic heterocycles. The fraction of sp³-hybridized carbons (Fsp3) is 0.435. The molecule has 0 spiro atoms. The SMILES string of the molecule is CN(CC1CCNN1)C(=O)C1(N(C)Cc2ccccc2)Cc2ccccc2C1. The van der Waals surface area contributed by atoms with Crippen molar-refractivity contribution in [2.24, 2.45) is 0 Å². The summed E-state index contributed by atoms with van der Waals surface area (Å²) < 4.78 is 0. The number of nitrogens with zero attached hydrogens (tertiary/aromatic N) is 2. The van der Waals surface area contributed by atoms with Crippen molar-refractivity contribution in [3.8, 4) is 0 Å². The Labute approximate surface area is 167 Å². The Morgan fingerprint density at radius 3 is 2.29 bits per heavy atom. The standard InChI is InChI=1S/C23H30N4O/c1-26(17-21-12-13-24-25-21)22(28)23(14-19-10-6-7-11-20(19)15-23)27(2)16-18-8-4-3-5-9-18/h3-11,21,24-25H,12-17H2,1-2H3. The number of hydrogen-bond acceptors (Lipinski definition) is 4. The normalized spacial score (nSPS) is 20.3. The van der Waals surface area contributed by atoms with Gasteiger partial charge in [0.15, 0.2) is 0 Å². The van der Waals surface area contributed by atoms with E-state index in [2.05, 4.69) is 71.3 Å². The summed E-state index contributed by atoms with van der Waals surface area (Å²) in [6, 6.07) is 19.2. The maximum Gasteiger partial charge on any atom is 0.243 e. The van der Waals surface area contributed by atoms with Crippen molar-refractivity contribution in [1.29, 1.82) is 0 Å². The average Bonchev–Trinajstić information content (AvgIpc) is 3.36. The molecular weight excluding hydrogens is 348 g/mol. The topological polar surface area (TPSA) is 47.6 Å². The first-order valence-electron chi connectivity index (χ1n) is 10.1. The maximum atomic E-state index is 13.8. The fourth-order valence-corrected chi connectivity index (χ4v) is 4.63. The van der Waals surface area contributed by atoms with Crippen LogP contribution < -0.4 is 10.9 Å². The molecule has 1 aliphatic heterocycles. The van der Waals surface area contributed by atoms with Crippen LogP contribution in [0.5, 0.6) is 0 Å². The highest BCUT2D eigenvalue weighted by molar-refractivity contribution is 5.88. The molecule has 4 rings (SSSR count). The van der Waals surface area contributed by atoms with E-state index in [0.29, 0.717) is 6.04 Å². The van der Waals surface area contributed by atoms with E-state index in [1.165, 1.54) is 16.7 Å². The van der Waals surface area contributed by atoms with Gasteiger partial charge in [-0.15, -0.1) is 0 Å². The lowest BCUT2D eigenvalue weighted by Crippen LogP contribution is -2.59. The Balaban J connectivity index is 1.59. The summed E-state index contributed by atoms with van der Waals surface area (Å²) in [7, 11) is 4.05. The summed E-state index contributed by atoms with van der Waals surface area (Å²) in [6.07, 6.45) is 2.59. The number of likely N-dealkylation sites (N-methyl/N-ethyl adjacent to an activating group) is 2. The Kier molecular flexibility index (Phi) is 5.49. The molecule has 0 saturated carbocycles.